The molecule has 0 amide bonds. The zero-order chi connectivity index (χ0) is 20.9. The fourth-order valence-corrected chi connectivity index (χ4v) is 4.07. The Morgan fingerprint density at radius 3 is 2.77 bits per heavy atom. The number of nitrogens with one attached hydrogen (secondary N) is 1. The highest BCUT2D eigenvalue weighted by atomic mass is 16.3. The Morgan fingerprint density at radius 2 is 2.00 bits per heavy atom. The van der Waals surface area contributed by atoms with Crippen molar-refractivity contribution < 1.29 is 10.2 Å². The average molecular weight is 402 g/mol. The van der Waals surface area contributed by atoms with Crippen LogP contribution in [0.1, 0.15) is 25.3 Å². The molecule has 1 aliphatic heterocycles. The Balaban J connectivity index is 1.68. The fourth-order valence-electron chi connectivity index (χ4n) is 4.07. The minimum Gasteiger partial charge on any atom is -0.507 e. The molecule has 1 saturated heterocycles. The van der Waals surface area contributed by atoms with E-state index in [0.29, 0.717) is 17.8 Å². The largest absolute Gasteiger partial charge is 0.507 e. The van der Waals surface area contributed by atoms with E-state index in [-0.39, 0.29) is 18.4 Å². The van der Waals surface area contributed by atoms with Crippen LogP contribution in [0, 0.1) is 11.8 Å². The molecule has 0 bridgehead atoms. The van der Waals surface area contributed by atoms with Crippen molar-refractivity contribution in [3.8, 4) is 28.8 Å². The lowest BCUT2D eigenvalue weighted by Crippen LogP contribution is -2.43. The highest BCUT2D eigenvalue weighted by Crippen LogP contribution is 2.35. The number of piperidine rings is 1. The van der Waals surface area contributed by atoms with E-state index in [9.17, 15) is 10.2 Å². The van der Waals surface area contributed by atoms with Crippen LogP contribution in [-0.2, 0) is 0 Å². The van der Waals surface area contributed by atoms with Crippen molar-refractivity contribution in [1.29, 1.82) is 0 Å². The molecule has 1 fully saturated rings. The second kappa shape index (κ2) is 9.12. The normalized spacial score (nSPS) is 16.8. The first-order valence-electron chi connectivity index (χ1n) is 10.3. The van der Waals surface area contributed by atoms with Gasteiger partial charge in [-0.3, -0.25) is 4.90 Å². The number of rotatable bonds is 5. The first-order valence-corrected chi connectivity index (χ1v) is 10.3. The summed E-state index contributed by atoms with van der Waals surface area (Å²) in [4.78, 5) is 2.27. The van der Waals surface area contributed by atoms with Gasteiger partial charge >= 0.3 is 0 Å². The molecule has 4 rings (SSSR count). The lowest BCUT2D eigenvalue weighted by Gasteiger charge is -2.33. The van der Waals surface area contributed by atoms with Crippen molar-refractivity contribution in [2.24, 2.45) is 0 Å². The number of hydrogen-bond acceptors (Lipinski definition) is 6. The summed E-state index contributed by atoms with van der Waals surface area (Å²) < 4.78 is 0. The van der Waals surface area contributed by atoms with E-state index in [1.54, 1.807) is 13.0 Å². The van der Waals surface area contributed by atoms with Gasteiger partial charge in [-0.15, -0.1) is 16.1 Å². The van der Waals surface area contributed by atoms with Gasteiger partial charge in [-0.25, -0.2) is 0 Å². The van der Waals surface area contributed by atoms with E-state index < -0.39 is 0 Å². The minimum absolute atomic E-state index is 0.141. The number of aliphatic hydroxyl groups excluding tert-OH is 1. The van der Waals surface area contributed by atoms with Gasteiger partial charge < -0.3 is 15.5 Å². The third-order valence-electron chi connectivity index (χ3n) is 5.47. The van der Waals surface area contributed by atoms with Crippen LogP contribution < -0.4 is 5.32 Å². The molecular formula is C24H26N4O2. The number of likely N-dealkylation sites (tertiary alicyclic amines) is 1. The van der Waals surface area contributed by atoms with E-state index in [2.05, 4.69) is 32.3 Å². The number of aromatic nitrogens is 2. The van der Waals surface area contributed by atoms with Crippen molar-refractivity contribution in [2.45, 2.75) is 25.8 Å². The summed E-state index contributed by atoms with van der Waals surface area (Å²) in [5, 5.41) is 34.2. The molecule has 3 N–H and O–H groups in total. The summed E-state index contributed by atoms with van der Waals surface area (Å²) in [5.41, 5.74) is 2.05. The van der Waals surface area contributed by atoms with E-state index in [1.165, 1.54) is 0 Å². The second-order valence-electron chi connectivity index (χ2n) is 7.56. The smallest absolute Gasteiger partial charge is 0.156 e. The summed E-state index contributed by atoms with van der Waals surface area (Å²) in [5.74, 6) is 6.69. The van der Waals surface area contributed by atoms with Gasteiger partial charge in [-0.2, -0.15) is 0 Å². The molecule has 1 unspecified atom stereocenters. The average Bonchev–Trinajstić information content (AvgIpc) is 2.75. The standard InChI is InChI=1S/C24H26N4O2/c1-2-6-17-10-11-21(22(30)15-17)23-19-8-3-4-9-20(19)24(27-26-23)25-18-7-5-12-28(16-18)13-14-29/h3-4,8-11,15,18,29-30H,5,7,12-14,16H2,1H3,(H,25,27). The minimum atomic E-state index is 0.141. The van der Waals surface area contributed by atoms with Crippen LogP contribution in [0.4, 0.5) is 5.82 Å². The predicted octanol–water partition coefficient (Wildman–Crippen LogP) is 3.24. The maximum atomic E-state index is 10.6. The van der Waals surface area contributed by atoms with Gasteiger partial charge in [0.2, 0.25) is 0 Å². The first-order chi connectivity index (χ1) is 14.7. The molecule has 3 aromatic rings. The van der Waals surface area contributed by atoms with Crippen LogP contribution in [0.15, 0.2) is 42.5 Å². The van der Waals surface area contributed by atoms with Gasteiger partial charge in [0.15, 0.2) is 5.82 Å². The van der Waals surface area contributed by atoms with Crippen LogP contribution in [0.3, 0.4) is 0 Å². The van der Waals surface area contributed by atoms with E-state index in [4.69, 9.17) is 0 Å². The number of benzene rings is 2. The maximum Gasteiger partial charge on any atom is 0.156 e. The van der Waals surface area contributed by atoms with Gasteiger partial charge in [-0.1, -0.05) is 30.2 Å². The molecule has 2 heterocycles. The Kier molecular flexibility index (Phi) is 6.12. The molecule has 6 heteroatoms. The number of aliphatic hydroxyl groups is 1. The van der Waals surface area contributed by atoms with Crippen LogP contribution in [0.5, 0.6) is 5.75 Å². The summed E-state index contributed by atoms with van der Waals surface area (Å²) in [6.45, 7) is 4.53. The van der Waals surface area contributed by atoms with Crippen LogP contribution >= 0.6 is 0 Å². The summed E-state index contributed by atoms with van der Waals surface area (Å²) in [6.07, 6.45) is 2.14. The molecule has 6 nitrogen and oxygen atoms in total. The third kappa shape index (κ3) is 4.23. The van der Waals surface area contributed by atoms with Crippen LogP contribution in [0.2, 0.25) is 0 Å². The maximum absolute atomic E-state index is 10.6. The molecular weight excluding hydrogens is 376 g/mol. The van der Waals surface area contributed by atoms with Crippen molar-refractivity contribution >= 4 is 16.6 Å². The molecule has 154 valence electrons. The summed E-state index contributed by atoms with van der Waals surface area (Å²) in [7, 11) is 0. The van der Waals surface area contributed by atoms with E-state index in [1.807, 2.05) is 36.4 Å². The van der Waals surface area contributed by atoms with Gasteiger partial charge in [0, 0.05) is 41.0 Å². The van der Waals surface area contributed by atoms with Gasteiger partial charge in [-0.05, 0) is 44.5 Å². The number of hydrogen-bond donors (Lipinski definition) is 3. The molecule has 1 atom stereocenters. The summed E-state index contributed by atoms with van der Waals surface area (Å²) >= 11 is 0. The van der Waals surface area contributed by atoms with E-state index in [0.717, 1.165) is 48.1 Å². The number of aromatic hydroxyl groups is 1. The van der Waals surface area contributed by atoms with Crippen molar-refractivity contribution in [3.63, 3.8) is 0 Å². The summed E-state index contributed by atoms with van der Waals surface area (Å²) in [6, 6.07) is 13.6. The lowest BCUT2D eigenvalue weighted by molar-refractivity contribution is 0.166. The number of fused-ring (bicyclic) bond motifs is 1. The molecule has 1 aliphatic rings. The molecule has 2 aromatic carbocycles. The van der Waals surface area contributed by atoms with Crippen LogP contribution in [0.25, 0.3) is 22.0 Å². The SMILES string of the molecule is CC#Cc1ccc(-c2nnc(NC3CCCN(CCO)C3)c3ccccc23)c(O)c1. The Hall–Kier alpha value is -3.14. The Morgan fingerprint density at radius 1 is 1.17 bits per heavy atom. The van der Waals surface area contributed by atoms with E-state index >= 15 is 0 Å². The number of phenolic OH excluding ortho intramolecular Hbond substituents is 1. The highest BCUT2D eigenvalue weighted by Gasteiger charge is 2.21. The number of nitrogens with zero attached hydrogens (tertiary/aromatic N) is 3. The number of anilines is 1. The van der Waals surface area contributed by atoms with Gasteiger partial charge in [0.05, 0.1) is 6.61 Å². The molecule has 1 aromatic heterocycles. The zero-order valence-electron chi connectivity index (χ0n) is 17.1. The highest BCUT2D eigenvalue weighted by molar-refractivity contribution is 6.00. The Bertz CT molecular complexity index is 1100. The molecule has 0 spiro atoms. The predicted molar refractivity (Wildman–Crippen MR) is 119 cm³/mol. The molecule has 0 radical (unpaired) electrons. The topological polar surface area (TPSA) is 81.5 Å². The number of phenols is 1. The van der Waals surface area contributed by atoms with Gasteiger partial charge in [0.1, 0.15) is 11.4 Å². The zero-order valence-corrected chi connectivity index (χ0v) is 17.1. The number of β-amino-alcohol motifs (C(OH)–C–C–N with tert-alkyl or cyclic N) is 1. The van der Waals surface area contributed by atoms with Crippen LogP contribution in [-0.4, -0.2) is 57.6 Å². The lowest BCUT2D eigenvalue weighted by atomic mass is 10.0. The monoisotopic (exact) mass is 402 g/mol. The quantitative estimate of drug-likeness (QED) is 0.569. The molecule has 30 heavy (non-hydrogen) atoms. The second-order valence-corrected chi connectivity index (χ2v) is 7.56. The van der Waals surface area contributed by atoms with Crippen molar-refractivity contribution in [2.75, 3.05) is 31.6 Å². The molecule has 0 aliphatic carbocycles. The first kappa shape index (κ1) is 20.1. The van der Waals surface area contributed by atoms with Gasteiger partial charge in [0.25, 0.3) is 0 Å². The Labute approximate surface area is 176 Å². The van der Waals surface area contributed by atoms with Crippen molar-refractivity contribution in [3.05, 3.63) is 48.0 Å². The van der Waals surface area contributed by atoms with Crippen molar-refractivity contribution in [1.82, 2.24) is 15.1 Å². The third-order valence-corrected chi connectivity index (χ3v) is 5.47. The fraction of sp³-hybridized carbons (Fsp3) is 0.333. The molecule has 0 saturated carbocycles.